The van der Waals surface area contributed by atoms with Gasteiger partial charge in [-0.1, -0.05) is 13.0 Å². The van der Waals surface area contributed by atoms with Crippen LogP contribution in [0.15, 0.2) is 36.4 Å². The van der Waals surface area contributed by atoms with Gasteiger partial charge in [-0.25, -0.2) is 4.79 Å². The maximum atomic E-state index is 12.3. The first-order valence-corrected chi connectivity index (χ1v) is 10.6. The van der Waals surface area contributed by atoms with Crippen molar-refractivity contribution in [3.8, 4) is 23.0 Å². The molecular weight excluding hydrogens is 414 g/mol. The Balaban J connectivity index is 1.83. The van der Waals surface area contributed by atoms with Gasteiger partial charge in [-0.2, -0.15) is 0 Å². The van der Waals surface area contributed by atoms with Gasteiger partial charge in [0.2, 0.25) is 0 Å². The van der Waals surface area contributed by atoms with Crippen LogP contribution in [0, 0.1) is 0 Å². The van der Waals surface area contributed by atoms with Crippen LogP contribution in [0.1, 0.15) is 36.2 Å². The van der Waals surface area contributed by atoms with Gasteiger partial charge in [0.15, 0.2) is 29.6 Å². The van der Waals surface area contributed by atoms with Crippen molar-refractivity contribution in [2.24, 2.45) is 0 Å². The summed E-state index contributed by atoms with van der Waals surface area (Å²) in [7, 11) is 3.14. The number of esters is 1. The summed E-state index contributed by atoms with van der Waals surface area (Å²) in [6, 6.07) is 10.4. The Morgan fingerprint density at radius 1 is 0.875 bits per heavy atom. The first kappa shape index (κ1) is 24.8. The second kappa shape index (κ2) is 13.1. The lowest BCUT2D eigenvalue weighted by atomic mass is 10.1. The summed E-state index contributed by atoms with van der Waals surface area (Å²) < 4.78 is 26.8. The van der Waals surface area contributed by atoms with Gasteiger partial charge in [-0.3, -0.25) is 4.79 Å². The molecule has 0 radical (unpaired) electrons. The summed E-state index contributed by atoms with van der Waals surface area (Å²) in [6.45, 7) is 4.86. The molecule has 1 N–H and O–H groups in total. The molecule has 0 saturated carbocycles. The van der Waals surface area contributed by atoms with Crippen molar-refractivity contribution in [2.75, 3.05) is 40.6 Å². The first-order chi connectivity index (χ1) is 15.5. The zero-order chi connectivity index (χ0) is 23.3. The minimum atomic E-state index is -0.608. The van der Waals surface area contributed by atoms with Gasteiger partial charge < -0.3 is 29.0 Å². The fourth-order valence-electron chi connectivity index (χ4n) is 2.88. The summed E-state index contributed by atoms with van der Waals surface area (Å²) in [5.74, 6) is 1.31. The van der Waals surface area contributed by atoms with E-state index in [9.17, 15) is 9.59 Å². The van der Waals surface area contributed by atoms with Crippen molar-refractivity contribution in [1.29, 1.82) is 0 Å². The predicted molar refractivity (Wildman–Crippen MR) is 120 cm³/mol. The standard InChI is InChI=1S/C24H31NO7/c1-5-13-31-20-10-8-18(15-22(20)30-6-2)24(27)32-16-23(26)25-12-11-17-7-9-19(28-3)21(14-17)29-4/h7-10,14-15H,5-6,11-13,16H2,1-4H3,(H,25,26). The van der Waals surface area contributed by atoms with E-state index in [1.54, 1.807) is 32.4 Å². The van der Waals surface area contributed by atoms with Crippen molar-refractivity contribution in [3.63, 3.8) is 0 Å². The number of carbonyl (C=O) groups is 2. The van der Waals surface area contributed by atoms with Crippen molar-refractivity contribution in [1.82, 2.24) is 5.32 Å². The molecule has 174 valence electrons. The molecule has 0 saturated heterocycles. The molecule has 2 aromatic rings. The molecule has 0 aliphatic carbocycles. The minimum Gasteiger partial charge on any atom is -0.493 e. The fourth-order valence-corrected chi connectivity index (χ4v) is 2.88. The van der Waals surface area contributed by atoms with E-state index in [1.165, 1.54) is 0 Å². The second-order valence-electron chi connectivity index (χ2n) is 6.81. The molecule has 0 spiro atoms. The van der Waals surface area contributed by atoms with Gasteiger partial charge in [0.25, 0.3) is 5.91 Å². The normalized spacial score (nSPS) is 10.2. The SMILES string of the molecule is CCCOc1ccc(C(=O)OCC(=O)NCCc2ccc(OC)c(OC)c2)cc1OCC. The molecule has 0 heterocycles. The molecule has 0 aliphatic rings. The maximum Gasteiger partial charge on any atom is 0.338 e. The molecule has 0 fully saturated rings. The molecular formula is C24H31NO7. The van der Waals surface area contributed by atoms with E-state index in [1.807, 2.05) is 32.0 Å². The third-order valence-electron chi connectivity index (χ3n) is 4.46. The quantitative estimate of drug-likeness (QED) is 0.472. The highest BCUT2D eigenvalue weighted by Gasteiger charge is 2.14. The number of hydrogen-bond donors (Lipinski definition) is 1. The smallest absolute Gasteiger partial charge is 0.338 e. The largest absolute Gasteiger partial charge is 0.493 e. The average Bonchev–Trinajstić information content (AvgIpc) is 2.81. The summed E-state index contributed by atoms with van der Waals surface area (Å²) >= 11 is 0. The molecule has 8 heteroatoms. The van der Waals surface area contributed by atoms with Crippen molar-refractivity contribution < 1.29 is 33.3 Å². The number of hydrogen-bond acceptors (Lipinski definition) is 7. The molecule has 0 bridgehead atoms. The van der Waals surface area contributed by atoms with Crippen LogP contribution in [-0.4, -0.2) is 52.5 Å². The molecule has 8 nitrogen and oxygen atoms in total. The Bertz CT molecular complexity index is 898. The number of methoxy groups -OCH3 is 2. The fraction of sp³-hybridized carbons (Fsp3) is 0.417. The van der Waals surface area contributed by atoms with Crippen LogP contribution < -0.4 is 24.3 Å². The van der Waals surface area contributed by atoms with Gasteiger partial charge in [-0.15, -0.1) is 0 Å². The number of nitrogens with one attached hydrogen (secondary N) is 1. The first-order valence-electron chi connectivity index (χ1n) is 10.6. The lowest BCUT2D eigenvalue weighted by Gasteiger charge is -2.13. The monoisotopic (exact) mass is 445 g/mol. The Hall–Kier alpha value is -3.42. The number of benzene rings is 2. The number of ether oxygens (including phenoxy) is 5. The van der Waals surface area contributed by atoms with Gasteiger partial charge in [0.05, 0.1) is 33.0 Å². The van der Waals surface area contributed by atoms with E-state index in [2.05, 4.69) is 5.32 Å². The van der Waals surface area contributed by atoms with Gasteiger partial charge in [0, 0.05) is 6.54 Å². The Morgan fingerprint density at radius 2 is 1.62 bits per heavy atom. The van der Waals surface area contributed by atoms with Crippen LogP contribution >= 0.6 is 0 Å². The molecule has 1 amide bonds. The van der Waals surface area contributed by atoms with Crippen molar-refractivity contribution >= 4 is 11.9 Å². The molecule has 2 aromatic carbocycles. The highest BCUT2D eigenvalue weighted by molar-refractivity contribution is 5.92. The Labute approximate surface area is 188 Å². The van der Waals surface area contributed by atoms with Gasteiger partial charge in [0.1, 0.15) is 0 Å². The topological polar surface area (TPSA) is 92.3 Å². The van der Waals surface area contributed by atoms with E-state index in [0.29, 0.717) is 49.2 Å². The highest BCUT2D eigenvalue weighted by Crippen LogP contribution is 2.29. The molecule has 32 heavy (non-hydrogen) atoms. The lowest BCUT2D eigenvalue weighted by molar-refractivity contribution is -0.124. The molecule has 0 aromatic heterocycles. The van der Waals surface area contributed by atoms with Crippen LogP contribution in [0.2, 0.25) is 0 Å². The second-order valence-corrected chi connectivity index (χ2v) is 6.81. The van der Waals surface area contributed by atoms with Crippen LogP contribution in [-0.2, 0) is 16.0 Å². The van der Waals surface area contributed by atoms with E-state index in [-0.39, 0.29) is 18.1 Å². The third-order valence-corrected chi connectivity index (χ3v) is 4.46. The average molecular weight is 446 g/mol. The van der Waals surface area contributed by atoms with Gasteiger partial charge >= 0.3 is 5.97 Å². The number of carbonyl (C=O) groups excluding carboxylic acids is 2. The van der Waals surface area contributed by atoms with E-state index in [0.717, 1.165) is 12.0 Å². The zero-order valence-corrected chi connectivity index (χ0v) is 19.1. The molecule has 0 unspecified atom stereocenters. The molecule has 0 atom stereocenters. The van der Waals surface area contributed by atoms with E-state index in [4.69, 9.17) is 23.7 Å². The Morgan fingerprint density at radius 3 is 2.31 bits per heavy atom. The summed E-state index contributed by atoms with van der Waals surface area (Å²) in [6.07, 6.45) is 1.45. The van der Waals surface area contributed by atoms with E-state index >= 15 is 0 Å². The Kier molecular flexibility index (Phi) is 10.2. The van der Waals surface area contributed by atoms with Crippen LogP contribution in [0.5, 0.6) is 23.0 Å². The predicted octanol–water partition coefficient (Wildman–Crippen LogP) is 3.41. The summed E-state index contributed by atoms with van der Waals surface area (Å²) in [5, 5.41) is 2.74. The van der Waals surface area contributed by atoms with Crippen molar-refractivity contribution in [2.45, 2.75) is 26.7 Å². The summed E-state index contributed by atoms with van der Waals surface area (Å²) in [4.78, 5) is 24.4. The maximum absolute atomic E-state index is 12.3. The number of rotatable bonds is 13. The molecule has 0 aliphatic heterocycles. The van der Waals surface area contributed by atoms with Gasteiger partial charge in [-0.05, 0) is 55.7 Å². The lowest BCUT2D eigenvalue weighted by Crippen LogP contribution is -2.30. The minimum absolute atomic E-state index is 0.287. The number of amides is 1. The van der Waals surface area contributed by atoms with Crippen molar-refractivity contribution in [3.05, 3.63) is 47.5 Å². The highest BCUT2D eigenvalue weighted by atomic mass is 16.5. The molecule has 2 rings (SSSR count). The van der Waals surface area contributed by atoms with Crippen LogP contribution in [0.3, 0.4) is 0 Å². The zero-order valence-electron chi connectivity index (χ0n) is 19.1. The van der Waals surface area contributed by atoms with Crippen LogP contribution in [0.4, 0.5) is 0 Å². The van der Waals surface area contributed by atoms with Crippen LogP contribution in [0.25, 0.3) is 0 Å². The van der Waals surface area contributed by atoms with E-state index < -0.39 is 5.97 Å². The summed E-state index contributed by atoms with van der Waals surface area (Å²) in [5.41, 5.74) is 1.27. The third kappa shape index (κ3) is 7.37.